The molecule has 106 valence electrons. The van der Waals surface area contributed by atoms with Crippen LogP contribution in [0.15, 0.2) is 0 Å². The van der Waals surface area contributed by atoms with E-state index in [0.29, 0.717) is 0 Å². The van der Waals surface area contributed by atoms with E-state index in [1.54, 1.807) is 0 Å². The average molecular weight is 290 g/mol. The first-order valence-corrected chi connectivity index (χ1v) is 9.56. The van der Waals surface area contributed by atoms with Gasteiger partial charge in [-0.05, 0) is 0 Å². The Kier molecular flexibility index (Phi) is 16.8. The number of unbranched alkanes of at least 4 members (excludes halogenated alkanes) is 5. The molecule has 18 heavy (non-hydrogen) atoms. The molecule has 0 saturated heterocycles. The topological polar surface area (TPSA) is 74.6 Å². The first-order chi connectivity index (χ1) is 8.31. The number of hydrogen-bond acceptors (Lipinski definition) is 2. The van der Waals surface area contributed by atoms with Gasteiger partial charge in [-0.2, -0.15) is 8.42 Å². The van der Waals surface area contributed by atoms with Crippen LogP contribution in [0.2, 0.25) is 3.17 Å². The zero-order valence-electron chi connectivity index (χ0n) is 12.1. The number of rotatable bonds is 9. The Labute approximate surface area is 130 Å². The maximum Gasteiger partial charge on any atom is 0.394 e. The van der Waals surface area contributed by atoms with Crippen LogP contribution in [0.5, 0.6) is 0 Å². The monoisotopic (exact) mass is 290 g/mol. The minimum atomic E-state index is -4.67. The van der Waals surface area contributed by atoms with Gasteiger partial charge in [-0.25, -0.2) is 0 Å². The van der Waals surface area contributed by atoms with Gasteiger partial charge in [0.15, 0.2) is 0 Å². The van der Waals surface area contributed by atoms with Crippen molar-refractivity contribution in [3.63, 3.8) is 0 Å². The Bertz CT molecular complexity index is 247. The standard InChI is InChI=1S/C12H25.Na.H2O4S/c1-3-5-7-9-11-12-10-8-6-4-2;;1-5(2,3)4/h9H,3-8,10-12H2,1-2H3;;(H2,1,2,3,4). The molecule has 0 aliphatic carbocycles. The van der Waals surface area contributed by atoms with Crippen molar-refractivity contribution in [2.24, 2.45) is 0 Å². The van der Waals surface area contributed by atoms with Crippen LogP contribution in [0.4, 0.5) is 0 Å². The smallest absolute Gasteiger partial charge is 0.264 e. The molecule has 4 nitrogen and oxygen atoms in total. The van der Waals surface area contributed by atoms with Gasteiger partial charge in [-0.15, -0.1) is 0 Å². The third kappa shape index (κ3) is 30.2. The fourth-order valence-electron chi connectivity index (χ4n) is 1.79. The van der Waals surface area contributed by atoms with E-state index in [9.17, 15) is 0 Å². The summed E-state index contributed by atoms with van der Waals surface area (Å²) in [5.41, 5.74) is 0. The molecule has 1 unspecified atom stereocenters. The second-order valence-electron chi connectivity index (χ2n) is 4.90. The average Bonchev–Trinajstić information content (AvgIpc) is 2.24. The van der Waals surface area contributed by atoms with Crippen molar-refractivity contribution in [3.8, 4) is 0 Å². The van der Waals surface area contributed by atoms with Crippen molar-refractivity contribution in [3.05, 3.63) is 0 Å². The molecule has 0 spiro atoms. The molecule has 0 saturated carbocycles. The van der Waals surface area contributed by atoms with E-state index in [1.165, 1.54) is 85.7 Å². The van der Waals surface area contributed by atoms with Crippen LogP contribution in [-0.4, -0.2) is 45.5 Å². The van der Waals surface area contributed by atoms with E-state index >= 15 is 0 Å². The predicted octanol–water partition coefficient (Wildman–Crippen LogP) is 3.84. The van der Waals surface area contributed by atoms with Crippen molar-refractivity contribution in [1.29, 1.82) is 0 Å². The van der Waals surface area contributed by atoms with Crippen molar-refractivity contribution in [2.75, 3.05) is 0 Å². The van der Waals surface area contributed by atoms with Gasteiger partial charge in [-0.3, -0.25) is 9.11 Å². The molecule has 0 bridgehead atoms. The molecular formula is C12H27NaO4S. The second-order valence-corrected chi connectivity index (χ2v) is 7.43. The SMILES string of the molecule is CCCCCCC[CH]([Na])CCCC.O=S(=O)(O)O. The van der Waals surface area contributed by atoms with Gasteiger partial charge in [0.25, 0.3) is 0 Å². The normalized spacial score (nSPS) is 12.8. The Hall–Kier alpha value is 0.870. The molecule has 6 heteroatoms. The van der Waals surface area contributed by atoms with Gasteiger partial charge in [0.05, 0.1) is 0 Å². The van der Waals surface area contributed by atoms with E-state index in [1.807, 2.05) is 0 Å². The minimum Gasteiger partial charge on any atom is -0.264 e. The van der Waals surface area contributed by atoms with Gasteiger partial charge in [0.1, 0.15) is 0 Å². The van der Waals surface area contributed by atoms with E-state index in [4.69, 9.17) is 17.5 Å². The fourth-order valence-corrected chi connectivity index (χ4v) is 2.61. The largest absolute Gasteiger partial charge is 0.394 e. The molecule has 0 radical (unpaired) electrons. The summed E-state index contributed by atoms with van der Waals surface area (Å²) in [4.78, 5) is 0. The summed E-state index contributed by atoms with van der Waals surface area (Å²) in [5, 5.41) is 0. The molecule has 1 atom stereocenters. The molecule has 0 fully saturated rings. The van der Waals surface area contributed by atoms with Crippen molar-refractivity contribution >= 4 is 38.3 Å². The van der Waals surface area contributed by atoms with Crippen LogP contribution >= 0.6 is 0 Å². The summed E-state index contributed by atoms with van der Waals surface area (Å²) in [6, 6.07) is 0. The summed E-state index contributed by atoms with van der Waals surface area (Å²) in [7, 11) is -4.67. The molecule has 0 aromatic heterocycles. The van der Waals surface area contributed by atoms with Crippen molar-refractivity contribution in [2.45, 2.75) is 74.8 Å². The van der Waals surface area contributed by atoms with Crippen LogP contribution in [0.25, 0.3) is 0 Å². The van der Waals surface area contributed by atoms with Crippen LogP contribution < -0.4 is 0 Å². The first-order valence-electron chi connectivity index (χ1n) is 7.01. The van der Waals surface area contributed by atoms with Gasteiger partial charge in [0.2, 0.25) is 0 Å². The summed E-state index contributed by atoms with van der Waals surface area (Å²) in [6.45, 7) is 4.59. The van der Waals surface area contributed by atoms with E-state index < -0.39 is 10.4 Å². The molecular weight excluding hydrogens is 263 g/mol. The van der Waals surface area contributed by atoms with Crippen LogP contribution in [0.1, 0.15) is 71.6 Å². The summed E-state index contributed by atoms with van der Waals surface area (Å²) < 4.78 is 32.7. The van der Waals surface area contributed by atoms with Crippen molar-refractivity contribution < 1.29 is 17.5 Å². The molecule has 0 amide bonds. The minimum absolute atomic E-state index is 1.11. The molecule has 0 aromatic carbocycles. The maximum absolute atomic E-state index is 8.74. The summed E-state index contributed by atoms with van der Waals surface area (Å²) in [5.74, 6) is 0. The summed E-state index contributed by atoms with van der Waals surface area (Å²) in [6.07, 6.45) is 13.2. The Morgan fingerprint density at radius 3 is 1.72 bits per heavy atom. The Morgan fingerprint density at radius 1 is 0.889 bits per heavy atom. The van der Waals surface area contributed by atoms with E-state index in [0.717, 1.165) is 3.17 Å². The van der Waals surface area contributed by atoms with Gasteiger partial charge in [0, 0.05) is 0 Å². The van der Waals surface area contributed by atoms with E-state index in [-0.39, 0.29) is 0 Å². The van der Waals surface area contributed by atoms with Crippen molar-refractivity contribution in [1.82, 2.24) is 0 Å². The van der Waals surface area contributed by atoms with Gasteiger partial charge in [-0.1, -0.05) is 0 Å². The molecule has 0 heterocycles. The quantitative estimate of drug-likeness (QED) is 0.384. The zero-order chi connectivity index (χ0) is 14.4. The second kappa shape index (κ2) is 14.3. The maximum atomic E-state index is 8.74. The van der Waals surface area contributed by atoms with Crippen LogP contribution in [0.3, 0.4) is 0 Å². The van der Waals surface area contributed by atoms with Crippen LogP contribution in [0, 0.1) is 0 Å². The Balaban J connectivity index is 0. The molecule has 2 N–H and O–H groups in total. The first kappa shape index (κ1) is 21.2. The third-order valence-corrected chi connectivity index (χ3v) is 4.01. The van der Waals surface area contributed by atoms with Gasteiger partial charge < -0.3 is 0 Å². The van der Waals surface area contributed by atoms with Crippen LogP contribution in [-0.2, 0) is 10.4 Å². The fraction of sp³-hybridized carbons (Fsp3) is 1.00. The third-order valence-electron chi connectivity index (χ3n) is 2.85. The number of hydrogen-bond donors (Lipinski definition) is 2. The predicted molar refractivity (Wildman–Crippen MR) is 76.6 cm³/mol. The van der Waals surface area contributed by atoms with E-state index in [2.05, 4.69) is 13.8 Å². The van der Waals surface area contributed by atoms with Gasteiger partial charge >= 0.3 is 113 Å². The Morgan fingerprint density at radius 2 is 1.28 bits per heavy atom. The molecule has 0 aliphatic heterocycles. The summed E-state index contributed by atoms with van der Waals surface area (Å²) >= 11 is 1.42. The zero-order valence-corrected chi connectivity index (χ0v) is 14.9. The molecule has 0 aliphatic rings. The molecule has 0 rings (SSSR count). The molecule has 0 aromatic rings.